The molecule has 1 N–H and O–H groups in total. The van der Waals surface area contributed by atoms with Crippen molar-refractivity contribution in [3.8, 4) is 0 Å². The number of nitrogens with zero attached hydrogens (tertiary/aromatic N) is 3. The van der Waals surface area contributed by atoms with Gasteiger partial charge in [-0.05, 0) is 18.9 Å². The third kappa shape index (κ3) is 3.67. The van der Waals surface area contributed by atoms with Gasteiger partial charge in [-0.2, -0.15) is 13.2 Å². The van der Waals surface area contributed by atoms with Crippen LogP contribution in [0.4, 0.5) is 18.9 Å². The molecule has 0 spiro atoms. The second-order valence-corrected chi connectivity index (χ2v) is 5.72. The van der Waals surface area contributed by atoms with Crippen LogP contribution in [0, 0.1) is 0 Å². The molecule has 0 fully saturated rings. The van der Waals surface area contributed by atoms with Crippen molar-refractivity contribution in [1.29, 1.82) is 0 Å². The number of para-hydroxylation sites is 1. The number of halogens is 3. The average molecular weight is 325 g/mol. The smallest absolute Gasteiger partial charge is 0.388 e. The normalized spacial score (nSPS) is 18.6. The van der Waals surface area contributed by atoms with Crippen molar-refractivity contribution in [2.24, 2.45) is 0 Å². The quantitative estimate of drug-likeness (QED) is 0.941. The number of aliphatic hydroxyl groups excluding tert-OH is 1. The lowest BCUT2D eigenvalue weighted by Gasteiger charge is -2.25. The second-order valence-electron chi connectivity index (χ2n) is 5.72. The van der Waals surface area contributed by atoms with Gasteiger partial charge in [-0.15, -0.1) is 0 Å². The van der Waals surface area contributed by atoms with Crippen molar-refractivity contribution in [3.05, 3.63) is 48.0 Å². The van der Waals surface area contributed by atoms with Gasteiger partial charge in [0.15, 0.2) is 0 Å². The molecule has 124 valence electrons. The number of anilines is 1. The van der Waals surface area contributed by atoms with Gasteiger partial charge in [-0.1, -0.05) is 18.2 Å². The van der Waals surface area contributed by atoms with Gasteiger partial charge < -0.3 is 14.6 Å². The van der Waals surface area contributed by atoms with Crippen molar-refractivity contribution < 1.29 is 18.3 Å². The molecule has 2 heterocycles. The van der Waals surface area contributed by atoms with E-state index in [2.05, 4.69) is 4.98 Å². The van der Waals surface area contributed by atoms with E-state index >= 15 is 0 Å². The van der Waals surface area contributed by atoms with E-state index in [-0.39, 0.29) is 6.54 Å². The van der Waals surface area contributed by atoms with Crippen LogP contribution in [0.2, 0.25) is 0 Å². The van der Waals surface area contributed by atoms with Gasteiger partial charge >= 0.3 is 6.18 Å². The van der Waals surface area contributed by atoms with Crippen LogP contribution in [0.5, 0.6) is 0 Å². The van der Waals surface area contributed by atoms with E-state index in [0.717, 1.165) is 22.2 Å². The van der Waals surface area contributed by atoms with Crippen LogP contribution < -0.4 is 4.90 Å². The summed E-state index contributed by atoms with van der Waals surface area (Å²) in [5.74, 6) is 0.369. The maximum absolute atomic E-state index is 12.6. The highest BCUT2D eigenvalue weighted by molar-refractivity contribution is 5.55. The van der Waals surface area contributed by atoms with Gasteiger partial charge in [0.1, 0.15) is 12.4 Å². The van der Waals surface area contributed by atoms with Crippen molar-refractivity contribution in [2.75, 3.05) is 11.4 Å². The standard InChI is InChI=1S/C16H18F3N3O/c17-16(18,19)11-22-9-7-20-15(22)10-21-8-3-6-14(23)12-4-1-2-5-13(12)21/h1-2,4-5,7,9,14,23H,3,6,8,10-11H2. The van der Waals surface area contributed by atoms with Gasteiger partial charge in [0.05, 0.1) is 12.6 Å². The molecule has 0 amide bonds. The lowest BCUT2D eigenvalue weighted by molar-refractivity contribution is -0.141. The molecule has 1 aromatic heterocycles. The molecule has 1 aliphatic heterocycles. The van der Waals surface area contributed by atoms with Crippen LogP contribution in [0.1, 0.15) is 30.3 Å². The summed E-state index contributed by atoms with van der Waals surface area (Å²) in [5.41, 5.74) is 1.68. The summed E-state index contributed by atoms with van der Waals surface area (Å²) in [6, 6.07) is 7.48. The van der Waals surface area contributed by atoms with Crippen molar-refractivity contribution in [2.45, 2.75) is 38.2 Å². The van der Waals surface area contributed by atoms with Crippen molar-refractivity contribution >= 4 is 5.69 Å². The third-order valence-electron chi connectivity index (χ3n) is 4.03. The number of hydrogen-bond donors (Lipinski definition) is 1. The Hall–Kier alpha value is -2.02. The van der Waals surface area contributed by atoms with E-state index < -0.39 is 18.8 Å². The second kappa shape index (κ2) is 6.23. The van der Waals surface area contributed by atoms with Crippen LogP contribution in [-0.2, 0) is 13.1 Å². The fourth-order valence-electron chi connectivity index (χ4n) is 2.97. The predicted octanol–water partition coefficient (Wildman–Crippen LogP) is 3.28. The Labute approximate surface area is 132 Å². The van der Waals surface area contributed by atoms with E-state index in [9.17, 15) is 18.3 Å². The number of fused-ring (bicyclic) bond motifs is 1. The Morgan fingerprint density at radius 2 is 2.04 bits per heavy atom. The number of aromatic nitrogens is 2. The first-order valence-electron chi connectivity index (χ1n) is 7.53. The molecule has 2 aromatic rings. The zero-order chi connectivity index (χ0) is 16.4. The zero-order valence-corrected chi connectivity index (χ0v) is 12.5. The number of imidazole rings is 1. The maximum Gasteiger partial charge on any atom is 0.406 e. The van der Waals surface area contributed by atoms with E-state index in [1.807, 2.05) is 29.2 Å². The minimum absolute atomic E-state index is 0.285. The van der Waals surface area contributed by atoms with Gasteiger partial charge in [0, 0.05) is 30.2 Å². The van der Waals surface area contributed by atoms with Gasteiger partial charge in [0.2, 0.25) is 0 Å². The van der Waals surface area contributed by atoms with Crippen molar-refractivity contribution in [3.63, 3.8) is 0 Å². The Morgan fingerprint density at radius 1 is 1.26 bits per heavy atom. The number of aliphatic hydroxyl groups is 1. The topological polar surface area (TPSA) is 41.3 Å². The molecule has 23 heavy (non-hydrogen) atoms. The molecule has 1 unspecified atom stereocenters. The summed E-state index contributed by atoms with van der Waals surface area (Å²) < 4.78 is 39.0. The SMILES string of the molecule is OC1CCCN(Cc2nccn2CC(F)(F)F)c2ccccc21. The van der Waals surface area contributed by atoms with Crippen LogP contribution in [-0.4, -0.2) is 27.4 Å². The minimum Gasteiger partial charge on any atom is -0.388 e. The van der Waals surface area contributed by atoms with Crippen LogP contribution >= 0.6 is 0 Å². The molecular formula is C16H18F3N3O. The van der Waals surface area contributed by atoms with E-state index in [4.69, 9.17) is 0 Å². The lowest BCUT2D eigenvalue weighted by Crippen LogP contribution is -2.27. The number of rotatable bonds is 3. The van der Waals surface area contributed by atoms with E-state index in [0.29, 0.717) is 18.8 Å². The minimum atomic E-state index is -4.28. The summed E-state index contributed by atoms with van der Waals surface area (Å²) >= 11 is 0. The van der Waals surface area contributed by atoms with E-state index in [1.54, 1.807) is 0 Å². The number of alkyl halides is 3. The first-order valence-corrected chi connectivity index (χ1v) is 7.53. The van der Waals surface area contributed by atoms with Gasteiger partial charge in [-0.25, -0.2) is 4.98 Å². The molecule has 1 atom stereocenters. The summed E-state index contributed by atoms with van der Waals surface area (Å²) in [5, 5.41) is 10.2. The summed E-state index contributed by atoms with van der Waals surface area (Å²) in [7, 11) is 0. The first kappa shape index (κ1) is 15.9. The Bertz CT molecular complexity index is 669. The molecule has 0 saturated heterocycles. The molecule has 1 aliphatic rings. The fourth-order valence-corrected chi connectivity index (χ4v) is 2.97. The Balaban J connectivity index is 1.86. The molecule has 0 saturated carbocycles. The highest BCUT2D eigenvalue weighted by Gasteiger charge is 2.29. The Kier molecular flexibility index (Phi) is 4.30. The molecule has 3 rings (SSSR count). The average Bonchev–Trinajstić information content (AvgIpc) is 2.83. The zero-order valence-electron chi connectivity index (χ0n) is 12.5. The van der Waals surface area contributed by atoms with Gasteiger partial charge in [-0.3, -0.25) is 0 Å². The monoisotopic (exact) mass is 325 g/mol. The van der Waals surface area contributed by atoms with Crippen LogP contribution in [0.25, 0.3) is 0 Å². The third-order valence-corrected chi connectivity index (χ3v) is 4.03. The number of hydrogen-bond acceptors (Lipinski definition) is 3. The van der Waals surface area contributed by atoms with Crippen LogP contribution in [0.15, 0.2) is 36.7 Å². The molecule has 0 bridgehead atoms. The molecule has 1 aromatic carbocycles. The molecular weight excluding hydrogens is 307 g/mol. The molecule has 7 heteroatoms. The molecule has 0 radical (unpaired) electrons. The Morgan fingerprint density at radius 3 is 2.83 bits per heavy atom. The molecule has 0 aliphatic carbocycles. The highest BCUT2D eigenvalue weighted by Crippen LogP contribution is 2.33. The summed E-state index contributed by atoms with van der Waals surface area (Å²) in [4.78, 5) is 6.06. The maximum atomic E-state index is 12.6. The fraction of sp³-hybridized carbons (Fsp3) is 0.438. The van der Waals surface area contributed by atoms with Gasteiger partial charge in [0.25, 0.3) is 0 Å². The van der Waals surface area contributed by atoms with E-state index in [1.165, 1.54) is 12.4 Å². The summed E-state index contributed by atoms with van der Waals surface area (Å²) in [6.45, 7) is -0.0831. The largest absolute Gasteiger partial charge is 0.406 e. The first-order chi connectivity index (χ1) is 10.9. The lowest BCUT2D eigenvalue weighted by atomic mass is 10.0. The molecule has 4 nitrogen and oxygen atoms in total. The number of benzene rings is 1. The predicted molar refractivity (Wildman–Crippen MR) is 80.0 cm³/mol. The van der Waals surface area contributed by atoms with Crippen LogP contribution in [0.3, 0.4) is 0 Å². The van der Waals surface area contributed by atoms with Crippen molar-refractivity contribution in [1.82, 2.24) is 9.55 Å². The summed E-state index contributed by atoms with van der Waals surface area (Å²) in [6.07, 6.45) is -0.657. The highest BCUT2D eigenvalue weighted by atomic mass is 19.4.